The molecule has 1 saturated heterocycles. The van der Waals surface area contributed by atoms with Gasteiger partial charge < -0.3 is 20.0 Å². The molecular weight excluding hydrogens is 501 g/mol. The molecule has 0 atom stereocenters. The van der Waals surface area contributed by atoms with E-state index < -0.39 is 0 Å². The molecule has 1 saturated carbocycles. The van der Waals surface area contributed by atoms with E-state index in [1.54, 1.807) is 6.26 Å². The Morgan fingerprint density at radius 2 is 1.84 bits per heavy atom. The van der Waals surface area contributed by atoms with Gasteiger partial charge in [0.05, 0.1) is 12.2 Å². The molecule has 0 amide bonds. The van der Waals surface area contributed by atoms with E-state index in [-0.39, 0.29) is 24.0 Å². The number of aliphatic imine (C=N–C) groups is 1. The largest absolute Gasteiger partial charge is 0.444 e. The van der Waals surface area contributed by atoms with Gasteiger partial charge in [-0.05, 0) is 43.7 Å². The minimum Gasteiger partial charge on any atom is -0.444 e. The van der Waals surface area contributed by atoms with Gasteiger partial charge in [-0.3, -0.25) is 4.99 Å². The first-order valence-electron chi connectivity index (χ1n) is 11.5. The SMILES string of the molecule is CN=C(NCc1coc(-c2ccccc2)n1)NC1CCN(CC2CCCCC2)CC1.I. The second kappa shape index (κ2) is 12.4. The third-order valence-corrected chi connectivity index (χ3v) is 6.40. The number of guanidine groups is 1. The van der Waals surface area contributed by atoms with Crippen LogP contribution in [0.3, 0.4) is 0 Å². The Kier molecular flexibility index (Phi) is 9.64. The standard InChI is InChI=1S/C24H35N5O.HI/c1-25-24(26-16-22-18-30-23(27-22)20-10-6-3-7-11-20)28-21-12-14-29(15-13-21)17-19-8-4-2-5-9-19;/h3,6-7,10-11,18-19,21H,2,4-5,8-9,12-17H2,1H3,(H2,25,26,28);1H. The fourth-order valence-electron chi connectivity index (χ4n) is 4.66. The molecule has 4 rings (SSSR count). The van der Waals surface area contributed by atoms with E-state index in [1.165, 1.54) is 64.6 Å². The van der Waals surface area contributed by atoms with E-state index in [9.17, 15) is 0 Å². The molecule has 1 aliphatic heterocycles. The monoisotopic (exact) mass is 537 g/mol. The van der Waals surface area contributed by atoms with Crippen LogP contribution in [-0.4, -0.2) is 48.6 Å². The molecule has 2 heterocycles. The van der Waals surface area contributed by atoms with Crippen LogP contribution in [-0.2, 0) is 6.54 Å². The summed E-state index contributed by atoms with van der Waals surface area (Å²) in [5, 5.41) is 6.97. The number of oxazole rings is 1. The number of nitrogens with one attached hydrogen (secondary N) is 2. The molecule has 170 valence electrons. The highest BCUT2D eigenvalue weighted by Gasteiger charge is 2.23. The molecule has 2 N–H and O–H groups in total. The van der Waals surface area contributed by atoms with Gasteiger partial charge in [0.15, 0.2) is 5.96 Å². The zero-order valence-electron chi connectivity index (χ0n) is 18.6. The van der Waals surface area contributed by atoms with Crippen LogP contribution >= 0.6 is 24.0 Å². The summed E-state index contributed by atoms with van der Waals surface area (Å²) in [4.78, 5) is 11.6. The van der Waals surface area contributed by atoms with Gasteiger partial charge in [0.2, 0.25) is 5.89 Å². The first-order chi connectivity index (χ1) is 14.8. The summed E-state index contributed by atoms with van der Waals surface area (Å²) < 4.78 is 5.62. The molecule has 31 heavy (non-hydrogen) atoms. The number of aromatic nitrogens is 1. The summed E-state index contributed by atoms with van der Waals surface area (Å²) in [6.45, 7) is 4.27. The summed E-state index contributed by atoms with van der Waals surface area (Å²) in [7, 11) is 1.83. The fourth-order valence-corrected chi connectivity index (χ4v) is 4.66. The smallest absolute Gasteiger partial charge is 0.226 e. The van der Waals surface area contributed by atoms with Gasteiger partial charge in [0.25, 0.3) is 0 Å². The van der Waals surface area contributed by atoms with E-state index >= 15 is 0 Å². The van der Waals surface area contributed by atoms with Crippen LogP contribution in [0.4, 0.5) is 0 Å². The van der Waals surface area contributed by atoms with Crippen LogP contribution in [0.5, 0.6) is 0 Å². The van der Waals surface area contributed by atoms with Crippen LogP contribution in [0.15, 0.2) is 46.0 Å². The predicted octanol–water partition coefficient (Wildman–Crippen LogP) is 4.67. The molecule has 0 radical (unpaired) electrons. The van der Waals surface area contributed by atoms with Gasteiger partial charge in [-0.15, -0.1) is 24.0 Å². The van der Waals surface area contributed by atoms with Gasteiger partial charge in [-0.25, -0.2) is 4.98 Å². The fraction of sp³-hybridized carbons (Fsp3) is 0.583. The maximum Gasteiger partial charge on any atom is 0.226 e. The lowest BCUT2D eigenvalue weighted by Crippen LogP contribution is -2.49. The molecule has 0 bridgehead atoms. The van der Waals surface area contributed by atoms with E-state index in [4.69, 9.17) is 4.42 Å². The van der Waals surface area contributed by atoms with Crippen molar-refractivity contribution in [2.75, 3.05) is 26.7 Å². The second-order valence-corrected chi connectivity index (χ2v) is 8.66. The van der Waals surface area contributed by atoms with Gasteiger partial charge in [0, 0.05) is 38.3 Å². The maximum absolute atomic E-state index is 5.62. The van der Waals surface area contributed by atoms with Crippen molar-refractivity contribution in [1.29, 1.82) is 0 Å². The molecule has 1 aliphatic carbocycles. The first-order valence-corrected chi connectivity index (χ1v) is 11.5. The van der Waals surface area contributed by atoms with Crippen molar-refractivity contribution in [1.82, 2.24) is 20.5 Å². The highest BCUT2D eigenvalue weighted by atomic mass is 127. The Morgan fingerprint density at radius 3 is 2.55 bits per heavy atom. The minimum atomic E-state index is 0. The number of benzene rings is 1. The number of rotatable bonds is 6. The van der Waals surface area contributed by atoms with Crippen LogP contribution in [0.1, 0.15) is 50.6 Å². The van der Waals surface area contributed by atoms with Crippen molar-refractivity contribution in [3.8, 4) is 11.5 Å². The Balaban J connectivity index is 0.00000272. The zero-order chi connectivity index (χ0) is 20.6. The Morgan fingerprint density at radius 1 is 1.10 bits per heavy atom. The number of piperidine rings is 1. The van der Waals surface area contributed by atoms with Crippen LogP contribution in [0.2, 0.25) is 0 Å². The summed E-state index contributed by atoms with van der Waals surface area (Å²) in [5.74, 6) is 2.42. The summed E-state index contributed by atoms with van der Waals surface area (Å²) in [6, 6.07) is 10.5. The van der Waals surface area contributed by atoms with Gasteiger partial charge in [0.1, 0.15) is 6.26 Å². The van der Waals surface area contributed by atoms with E-state index in [0.29, 0.717) is 18.5 Å². The maximum atomic E-state index is 5.62. The van der Waals surface area contributed by atoms with Crippen LogP contribution in [0, 0.1) is 5.92 Å². The van der Waals surface area contributed by atoms with Crippen molar-refractivity contribution in [3.63, 3.8) is 0 Å². The number of hydrogen-bond donors (Lipinski definition) is 2. The molecule has 7 heteroatoms. The summed E-state index contributed by atoms with van der Waals surface area (Å²) >= 11 is 0. The van der Waals surface area contributed by atoms with Crippen molar-refractivity contribution in [3.05, 3.63) is 42.3 Å². The molecule has 2 fully saturated rings. The van der Waals surface area contributed by atoms with Gasteiger partial charge in [-0.2, -0.15) is 0 Å². The number of halogens is 1. The van der Waals surface area contributed by atoms with Crippen molar-refractivity contribution in [2.45, 2.75) is 57.5 Å². The predicted molar refractivity (Wildman–Crippen MR) is 137 cm³/mol. The minimum absolute atomic E-state index is 0. The number of likely N-dealkylation sites (tertiary alicyclic amines) is 1. The number of nitrogens with zero attached hydrogens (tertiary/aromatic N) is 3. The molecule has 1 aromatic heterocycles. The van der Waals surface area contributed by atoms with E-state index in [2.05, 4.69) is 25.5 Å². The first kappa shape index (κ1) is 24.0. The number of hydrogen-bond acceptors (Lipinski definition) is 4. The van der Waals surface area contributed by atoms with Crippen molar-refractivity contribution >= 4 is 29.9 Å². The highest BCUT2D eigenvalue weighted by Crippen LogP contribution is 2.25. The Labute approximate surface area is 203 Å². The van der Waals surface area contributed by atoms with Crippen LogP contribution < -0.4 is 10.6 Å². The molecule has 2 aromatic rings. The van der Waals surface area contributed by atoms with Crippen LogP contribution in [0.25, 0.3) is 11.5 Å². The Bertz CT molecular complexity index is 795. The lowest BCUT2D eigenvalue weighted by Gasteiger charge is -2.36. The van der Waals surface area contributed by atoms with Crippen molar-refractivity contribution in [2.24, 2.45) is 10.9 Å². The summed E-state index contributed by atoms with van der Waals surface area (Å²) in [5.41, 5.74) is 1.87. The highest BCUT2D eigenvalue weighted by molar-refractivity contribution is 14.0. The van der Waals surface area contributed by atoms with E-state index in [0.717, 1.165) is 23.1 Å². The lowest BCUT2D eigenvalue weighted by molar-refractivity contribution is 0.160. The normalized spacial score (nSPS) is 19.1. The van der Waals surface area contributed by atoms with Crippen molar-refractivity contribution < 1.29 is 4.42 Å². The molecule has 6 nitrogen and oxygen atoms in total. The summed E-state index contributed by atoms with van der Waals surface area (Å²) in [6.07, 6.45) is 11.2. The average Bonchev–Trinajstić information content (AvgIpc) is 3.28. The molecule has 0 spiro atoms. The lowest BCUT2D eigenvalue weighted by atomic mass is 9.88. The van der Waals surface area contributed by atoms with E-state index in [1.807, 2.05) is 37.4 Å². The molecule has 0 unspecified atom stereocenters. The zero-order valence-corrected chi connectivity index (χ0v) is 20.9. The third-order valence-electron chi connectivity index (χ3n) is 6.40. The third kappa shape index (κ3) is 7.20. The average molecular weight is 537 g/mol. The topological polar surface area (TPSA) is 65.7 Å². The molecule has 2 aliphatic rings. The van der Waals surface area contributed by atoms with Gasteiger partial charge in [-0.1, -0.05) is 37.5 Å². The second-order valence-electron chi connectivity index (χ2n) is 8.66. The molecular formula is C24H36IN5O. The van der Waals surface area contributed by atoms with Gasteiger partial charge >= 0.3 is 0 Å². The molecule has 1 aromatic carbocycles. The Hall–Kier alpha value is -1.61. The quantitative estimate of drug-likeness (QED) is 0.319.